The smallest absolute Gasteiger partial charge is 0.325 e. The van der Waals surface area contributed by atoms with E-state index in [1.807, 2.05) is 58.1 Å². The molecule has 2 fully saturated rings. The highest BCUT2D eigenvalue weighted by molar-refractivity contribution is 7.09. The van der Waals surface area contributed by atoms with E-state index < -0.39 is 5.54 Å². The van der Waals surface area contributed by atoms with Crippen molar-refractivity contribution in [3.8, 4) is 0 Å². The van der Waals surface area contributed by atoms with Crippen molar-refractivity contribution in [3.63, 3.8) is 0 Å². The van der Waals surface area contributed by atoms with E-state index in [1.165, 1.54) is 4.90 Å². The Hall–Kier alpha value is -3.20. The number of imidazole rings is 1. The summed E-state index contributed by atoms with van der Waals surface area (Å²) in [7, 11) is 0. The zero-order valence-electron chi connectivity index (χ0n) is 19.3. The zero-order chi connectivity index (χ0) is 23.7. The highest BCUT2D eigenvalue weighted by Crippen LogP contribution is 2.37. The number of carbonyl (C=O) groups is 3. The number of pyridine rings is 1. The molecule has 34 heavy (non-hydrogen) atoms. The normalized spacial score (nSPS) is 21.4. The van der Waals surface area contributed by atoms with Gasteiger partial charge in [-0.05, 0) is 55.2 Å². The monoisotopic (exact) mass is 479 g/mol. The van der Waals surface area contributed by atoms with E-state index >= 15 is 0 Å². The van der Waals surface area contributed by atoms with E-state index in [2.05, 4.69) is 10.3 Å². The Bertz CT molecular complexity index is 1170. The van der Waals surface area contributed by atoms with E-state index in [4.69, 9.17) is 0 Å². The molecule has 178 valence electrons. The number of nitrogens with zero attached hydrogens (tertiary/aromatic N) is 4. The van der Waals surface area contributed by atoms with Crippen LogP contribution in [-0.2, 0) is 11.2 Å². The molecule has 0 aromatic carbocycles. The van der Waals surface area contributed by atoms with Crippen LogP contribution in [0.1, 0.15) is 48.0 Å². The quantitative estimate of drug-likeness (QED) is 0.525. The Kier molecular flexibility index (Phi) is 6.12. The molecule has 2 aliphatic heterocycles. The number of amides is 4. The topological polar surface area (TPSA) is 87.0 Å². The van der Waals surface area contributed by atoms with E-state index in [9.17, 15) is 14.4 Å². The molecule has 1 N–H and O–H groups in total. The van der Waals surface area contributed by atoms with Crippen LogP contribution in [0.15, 0.2) is 48.1 Å². The van der Waals surface area contributed by atoms with Gasteiger partial charge in [0.25, 0.3) is 11.8 Å². The number of hydrogen-bond acceptors (Lipinski definition) is 5. The minimum Gasteiger partial charge on any atom is -0.337 e. The number of likely N-dealkylation sites (tertiary alicyclic amines) is 1. The van der Waals surface area contributed by atoms with E-state index in [0.717, 1.165) is 16.9 Å². The maximum absolute atomic E-state index is 13.6. The van der Waals surface area contributed by atoms with Crippen molar-refractivity contribution in [3.05, 3.63) is 58.7 Å². The van der Waals surface area contributed by atoms with Crippen LogP contribution in [0.4, 0.5) is 4.79 Å². The summed E-state index contributed by atoms with van der Waals surface area (Å²) in [5.41, 5.74) is 0.293. The fourth-order valence-electron chi connectivity index (χ4n) is 5.34. The summed E-state index contributed by atoms with van der Waals surface area (Å²) in [6.07, 6.45) is 7.05. The summed E-state index contributed by atoms with van der Waals surface area (Å²) in [4.78, 5) is 48.3. The van der Waals surface area contributed by atoms with Crippen LogP contribution >= 0.6 is 11.3 Å². The number of aromatic nitrogens is 2. The van der Waals surface area contributed by atoms with Gasteiger partial charge in [-0.15, -0.1) is 11.3 Å². The van der Waals surface area contributed by atoms with E-state index in [0.29, 0.717) is 51.0 Å². The molecule has 9 heteroatoms. The third-order valence-corrected chi connectivity index (χ3v) is 8.01. The molecule has 1 unspecified atom stereocenters. The highest BCUT2D eigenvalue weighted by Gasteiger charge is 2.55. The lowest BCUT2D eigenvalue weighted by atomic mass is 9.74. The SMILES string of the molecule is CCCC1(C2CCN(C(=O)c3cn4ccccc4n3)CC2)NC(=O)N(CCc2cccs2)C1=O. The Morgan fingerprint density at radius 1 is 1.21 bits per heavy atom. The number of thiophene rings is 1. The molecule has 0 spiro atoms. The van der Waals surface area contributed by atoms with Crippen LogP contribution in [-0.4, -0.2) is 62.2 Å². The van der Waals surface area contributed by atoms with Crippen LogP contribution in [0.5, 0.6) is 0 Å². The number of piperidine rings is 1. The van der Waals surface area contributed by atoms with Gasteiger partial charge >= 0.3 is 6.03 Å². The summed E-state index contributed by atoms with van der Waals surface area (Å²) in [5.74, 6) is -0.201. The van der Waals surface area contributed by atoms with Gasteiger partial charge in [0, 0.05) is 36.9 Å². The highest BCUT2D eigenvalue weighted by atomic mass is 32.1. The van der Waals surface area contributed by atoms with Crippen molar-refractivity contribution in [1.82, 2.24) is 24.5 Å². The molecule has 3 aromatic heterocycles. The molecule has 8 nitrogen and oxygen atoms in total. The summed E-state index contributed by atoms with van der Waals surface area (Å²) < 4.78 is 1.84. The largest absolute Gasteiger partial charge is 0.337 e. The van der Waals surface area contributed by atoms with Crippen LogP contribution in [0.3, 0.4) is 0 Å². The van der Waals surface area contributed by atoms with Crippen molar-refractivity contribution in [2.45, 2.75) is 44.6 Å². The van der Waals surface area contributed by atoms with Crippen molar-refractivity contribution in [2.75, 3.05) is 19.6 Å². The molecule has 1 atom stereocenters. The van der Waals surface area contributed by atoms with E-state index in [1.54, 1.807) is 17.5 Å². The lowest BCUT2D eigenvalue weighted by Gasteiger charge is -2.40. The van der Waals surface area contributed by atoms with Crippen LogP contribution in [0, 0.1) is 5.92 Å². The van der Waals surface area contributed by atoms with Crippen molar-refractivity contribution in [1.29, 1.82) is 0 Å². The number of imide groups is 1. The number of nitrogens with one attached hydrogen (secondary N) is 1. The Morgan fingerprint density at radius 3 is 2.74 bits per heavy atom. The van der Waals surface area contributed by atoms with E-state index in [-0.39, 0.29) is 23.8 Å². The first-order valence-corrected chi connectivity index (χ1v) is 12.8. The molecule has 0 aliphatic carbocycles. The third-order valence-electron chi connectivity index (χ3n) is 7.07. The van der Waals surface area contributed by atoms with Gasteiger partial charge in [-0.25, -0.2) is 9.78 Å². The average molecular weight is 480 g/mol. The second-order valence-corrected chi connectivity index (χ2v) is 10.1. The first-order chi connectivity index (χ1) is 16.5. The van der Waals surface area contributed by atoms with Crippen molar-refractivity contribution < 1.29 is 14.4 Å². The second-order valence-electron chi connectivity index (χ2n) is 9.10. The minimum atomic E-state index is -0.875. The number of fused-ring (bicyclic) bond motifs is 1. The molecule has 2 aliphatic rings. The summed E-state index contributed by atoms with van der Waals surface area (Å²) >= 11 is 1.64. The molecule has 4 amide bonds. The summed E-state index contributed by atoms with van der Waals surface area (Å²) in [6, 6.07) is 9.38. The van der Waals surface area contributed by atoms with Gasteiger partial charge < -0.3 is 14.6 Å². The van der Waals surface area contributed by atoms with Gasteiger partial charge in [-0.2, -0.15) is 0 Å². The predicted octanol–water partition coefficient (Wildman–Crippen LogP) is 3.58. The van der Waals surface area contributed by atoms with Crippen LogP contribution in [0.25, 0.3) is 5.65 Å². The second kappa shape index (κ2) is 9.21. The van der Waals surface area contributed by atoms with Crippen molar-refractivity contribution in [2.24, 2.45) is 5.92 Å². The minimum absolute atomic E-state index is 0.000700. The number of urea groups is 1. The maximum atomic E-state index is 13.6. The fraction of sp³-hybridized carbons (Fsp3) is 0.440. The average Bonchev–Trinajstić information content (AvgIpc) is 3.57. The molecule has 5 heterocycles. The lowest BCUT2D eigenvalue weighted by Crippen LogP contribution is -2.56. The fourth-order valence-corrected chi connectivity index (χ4v) is 6.04. The molecule has 5 rings (SSSR count). The summed E-state index contributed by atoms with van der Waals surface area (Å²) in [6.45, 7) is 3.52. The molecule has 0 saturated carbocycles. The first kappa shape index (κ1) is 22.6. The Morgan fingerprint density at radius 2 is 2.03 bits per heavy atom. The molecule has 0 bridgehead atoms. The number of rotatable bonds is 7. The zero-order valence-corrected chi connectivity index (χ0v) is 20.1. The van der Waals surface area contributed by atoms with Gasteiger partial charge in [-0.3, -0.25) is 14.5 Å². The van der Waals surface area contributed by atoms with Crippen LogP contribution in [0.2, 0.25) is 0 Å². The Labute approximate surface area is 202 Å². The molecule has 0 radical (unpaired) electrons. The Balaban J connectivity index is 1.27. The van der Waals surface area contributed by atoms with Crippen LogP contribution < -0.4 is 5.32 Å². The standard InChI is InChI=1S/C25H29N5O3S/c1-2-11-25(23(32)30(24(33)27-25)15-10-19-6-5-16-34-19)18-8-13-28(14-9-18)22(31)20-17-29-12-4-3-7-21(29)26-20/h3-7,12,16-18H,2,8-11,13-15H2,1H3,(H,27,33). The predicted molar refractivity (Wildman–Crippen MR) is 130 cm³/mol. The molecule has 3 aromatic rings. The van der Waals surface area contributed by atoms with Gasteiger partial charge in [0.05, 0.1) is 0 Å². The lowest BCUT2D eigenvalue weighted by molar-refractivity contribution is -0.134. The van der Waals surface area contributed by atoms with Gasteiger partial charge in [0.2, 0.25) is 0 Å². The van der Waals surface area contributed by atoms with Gasteiger partial charge in [0.15, 0.2) is 0 Å². The summed E-state index contributed by atoms with van der Waals surface area (Å²) in [5, 5.41) is 5.09. The molecular weight excluding hydrogens is 450 g/mol. The van der Waals surface area contributed by atoms with Gasteiger partial charge in [-0.1, -0.05) is 25.5 Å². The first-order valence-electron chi connectivity index (χ1n) is 11.9. The van der Waals surface area contributed by atoms with Gasteiger partial charge in [0.1, 0.15) is 16.9 Å². The molecule has 2 saturated heterocycles. The molecular formula is C25H29N5O3S. The third kappa shape index (κ3) is 3.98. The maximum Gasteiger partial charge on any atom is 0.325 e. The number of hydrogen-bond donors (Lipinski definition) is 1. The van der Waals surface area contributed by atoms with Crippen molar-refractivity contribution >= 4 is 34.8 Å². The number of carbonyl (C=O) groups excluding carboxylic acids is 3.